The zero-order valence-electron chi connectivity index (χ0n) is 15.9. The molecule has 1 heterocycles. The number of halogens is 4. The average Bonchev–Trinajstić information content (AvgIpc) is 3.08. The highest BCUT2D eigenvalue weighted by Gasteiger charge is 2.42. The van der Waals surface area contributed by atoms with Crippen molar-refractivity contribution in [3.8, 4) is 5.69 Å². The van der Waals surface area contributed by atoms with E-state index in [-0.39, 0.29) is 11.1 Å². The van der Waals surface area contributed by atoms with Gasteiger partial charge in [0.2, 0.25) is 0 Å². The SMILES string of the molecule is CC(C)(C)c1ccc(NC(=O)c2nnn(-c3ccc(F)cc3)c2C(F)(F)F)cc1. The molecule has 0 spiro atoms. The number of hydrogen-bond acceptors (Lipinski definition) is 3. The zero-order valence-corrected chi connectivity index (χ0v) is 15.9. The molecule has 3 aromatic rings. The van der Waals surface area contributed by atoms with Gasteiger partial charge in [-0.25, -0.2) is 9.07 Å². The summed E-state index contributed by atoms with van der Waals surface area (Å²) in [6.07, 6.45) is -4.90. The number of hydrogen-bond donors (Lipinski definition) is 1. The summed E-state index contributed by atoms with van der Waals surface area (Å²) >= 11 is 0. The van der Waals surface area contributed by atoms with Crippen LogP contribution in [-0.2, 0) is 11.6 Å². The predicted molar refractivity (Wildman–Crippen MR) is 99.4 cm³/mol. The number of carbonyl (C=O) groups excluding carboxylic acids is 1. The van der Waals surface area contributed by atoms with Crippen LogP contribution in [-0.4, -0.2) is 20.9 Å². The van der Waals surface area contributed by atoms with E-state index >= 15 is 0 Å². The minimum atomic E-state index is -4.90. The first-order valence-corrected chi connectivity index (χ1v) is 8.67. The molecule has 0 saturated carbocycles. The van der Waals surface area contributed by atoms with Crippen molar-refractivity contribution < 1.29 is 22.4 Å². The molecule has 0 fully saturated rings. The first kappa shape index (κ1) is 20.5. The Labute approximate surface area is 164 Å². The Balaban J connectivity index is 1.94. The lowest BCUT2D eigenvalue weighted by Crippen LogP contribution is -2.21. The third-order valence-corrected chi connectivity index (χ3v) is 4.23. The van der Waals surface area contributed by atoms with Crippen LogP contribution in [0.2, 0.25) is 0 Å². The maximum atomic E-state index is 13.6. The van der Waals surface area contributed by atoms with E-state index in [9.17, 15) is 22.4 Å². The van der Waals surface area contributed by atoms with Crippen molar-refractivity contribution in [1.82, 2.24) is 15.0 Å². The van der Waals surface area contributed by atoms with E-state index in [0.29, 0.717) is 10.4 Å². The van der Waals surface area contributed by atoms with Gasteiger partial charge >= 0.3 is 6.18 Å². The lowest BCUT2D eigenvalue weighted by atomic mass is 9.87. The molecule has 152 valence electrons. The number of aromatic nitrogens is 3. The Morgan fingerprint density at radius 1 is 0.966 bits per heavy atom. The van der Waals surface area contributed by atoms with E-state index < -0.39 is 29.3 Å². The smallest absolute Gasteiger partial charge is 0.321 e. The van der Waals surface area contributed by atoms with Crippen LogP contribution in [0.25, 0.3) is 5.69 Å². The highest BCUT2D eigenvalue weighted by molar-refractivity contribution is 6.03. The fraction of sp³-hybridized carbons (Fsp3) is 0.250. The standard InChI is InChI=1S/C20H18F4N4O/c1-19(2,3)12-4-8-14(9-5-12)25-18(29)16-17(20(22,23)24)28(27-26-16)15-10-6-13(21)7-11-15/h4-11H,1-3H3,(H,25,29). The van der Waals surface area contributed by atoms with Crippen LogP contribution in [0.1, 0.15) is 42.5 Å². The Hall–Kier alpha value is -3.23. The van der Waals surface area contributed by atoms with Gasteiger partial charge in [-0.1, -0.05) is 38.1 Å². The average molecular weight is 406 g/mol. The highest BCUT2D eigenvalue weighted by atomic mass is 19.4. The summed E-state index contributed by atoms with van der Waals surface area (Å²) in [6.45, 7) is 6.05. The molecule has 2 aromatic carbocycles. The number of nitrogens with one attached hydrogen (secondary N) is 1. The number of benzene rings is 2. The number of nitrogens with zero attached hydrogens (tertiary/aromatic N) is 3. The molecule has 1 amide bonds. The van der Waals surface area contributed by atoms with Crippen LogP contribution in [0.15, 0.2) is 48.5 Å². The summed E-state index contributed by atoms with van der Waals surface area (Å²) < 4.78 is 54.5. The van der Waals surface area contributed by atoms with Crippen molar-refractivity contribution in [3.05, 3.63) is 71.3 Å². The first-order valence-electron chi connectivity index (χ1n) is 8.67. The number of alkyl halides is 3. The molecular weight excluding hydrogens is 388 g/mol. The maximum Gasteiger partial charge on any atom is 0.435 e. The summed E-state index contributed by atoms with van der Waals surface area (Å²) in [5.74, 6) is -1.66. The van der Waals surface area contributed by atoms with Crippen LogP contribution in [0.3, 0.4) is 0 Å². The molecule has 9 heteroatoms. The van der Waals surface area contributed by atoms with Crippen LogP contribution < -0.4 is 5.32 Å². The summed E-state index contributed by atoms with van der Waals surface area (Å²) in [6, 6.07) is 11.0. The van der Waals surface area contributed by atoms with Gasteiger partial charge in [-0.15, -0.1) is 5.10 Å². The quantitative estimate of drug-likeness (QED) is 0.625. The molecule has 5 nitrogen and oxygen atoms in total. The van der Waals surface area contributed by atoms with Gasteiger partial charge in [-0.3, -0.25) is 4.79 Å². The minimum absolute atomic E-state index is 0.0696. The van der Waals surface area contributed by atoms with Crippen molar-refractivity contribution in [2.75, 3.05) is 5.32 Å². The van der Waals surface area contributed by atoms with Crippen LogP contribution in [0, 0.1) is 5.82 Å². The highest BCUT2D eigenvalue weighted by Crippen LogP contribution is 2.33. The van der Waals surface area contributed by atoms with Crippen molar-refractivity contribution in [2.24, 2.45) is 0 Å². The van der Waals surface area contributed by atoms with Gasteiger partial charge in [0.25, 0.3) is 5.91 Å². The monoisotopic (exact) mass is 406 g/mol. The molecule has 0 unspecified atom stereocenters. The lowest BCUT2D eigenvalue weighted by molar-refractivity contribution is -0.143. The third-order valence-electron chi connectivity index (χ3n) is 4.23. The molecule has 0 saturated heterocycles. The van der Waals surface area contributed by atoms with Gasteiger partial charge in [0, 0.05) is 5.69 Å². The van der Waals surface area contributed by atoms with Gasteiger partial charge in [-0.2, -0.15) is 13.2 Å². The largest absolute Gasteiger partial charge is 0.435 e. The molecule has 0 aliphatic carbocycles. The fourth-order valence-corrected chi connectivity index (χ4v) is 2.70. The molecule has 0 atom stereocenters. The number of anilines is 1. The van der Waals surface area contributed by atoms with Crippen molar-refractivity contribution in [3.63, 3.8) is 0 Å². The van der Waals surface area contributed by atoms with E-state index in [0.717, 1.165) is 29.8 Å². The number of carbonyl (C=O) groups is 1. The second kappa shape index (κ2) is 7.31. The zero-order chi connectivity index (χ0) is 21.4. The van der Waals surface area contributed by atoms with E-state index in [4.69, 9.17) is 0 Å². The Bertz CT molecular complexity index is 1020. The molecular formula is C20H18F4N4O. The van der Waals surface area contributed by atoms with Gasteiger partial charge in [0.1, 0.15) is 5.82 Å². The van der Waals surface area contributed by atoms with Crippen molar-refractivity contribution in [1.29, 1.82) is 0 Å². The lowest BCUT2D eigenvalue weighted by Gasteiger charge is -2.19. The van der Waals surface area contributed by atoms with E-state index in [1.165, 1.54) is 0 Å². The number of rotatable bonds is 3. The summed E-state index contributed by atoms with van der Waals surface area (Å²) in [4.78, 5) is 12.5. The second-order valence-corrected chi connectivity index (χ2v) is 7.45. The Morgan fingerprint density at radius 3 is 2.07 bits per heavy atom. The van der Waals surface area contributed by atoms with E-state index in [1.807, 2.05) is 20.8 Å². The summed E-state index contributed by atoms with van der Waals surface area (Å²) in [5.41, 5.74) is -1.06. The van der Waals surface area contributed by atoms with Crippen molar-refractivity contribution in [2.45, 2.75) is 32.4 Å². The topological polar surface area (TPSA) is 59.8 Å². The Kier molecular flexibility index (Phi) is 5.16. The molecule has 1 N–H and O–H groups in total. The first-order chi connectivity index (χ1) is 13.5. The van der Waals surface area contributed by atoms with E-state index in [2.05, 4.69) is 15.6 Å². The molecule has 29 heavy (non-hydrogen) atoms. The minimum Gasteiger partial charge on any atom is -0.321 e. The molecule has 0 aliphatic rings. The van der Waals surface area contributed by atoms with E-state index in [1.54, 1.807) is 24.3 Å². The van der Waals surface area contributed by atoms with Crippen LogP contribution in [0.5, 0.6) is 0 Å². The summed E-state index contributed by atoms with van der Waals surface area (Å²) in [7, 11) is 0. The van der Waals surface area contributed by atoms with Gasteiger partial charge in [0.15, 0.2) is 11.4 Å². The number of amides is 1. The Morgan fingerprint density at radius 2 is 1.55 bits per heavy atom. The molecule has 1 aromatic heterocycles. The predicted octanol–water partition coefficient (Wildman–Crippen LogP) is 4.98. The summed E-state index contributed by atoms with van der Waals surface area (Å²) in [5, 5.41) is 9.28. The van der Waals surface area contributed by atoms with Gasteiger partial charge in [0.05, 0.1) is 5.69 Å². The molecule has 0 radical (unpaired) electrons. The van der Waals surface area contributed by atoms with Crippen molar-refractivity contribution >= 4 is 11.6 Å². The molecule has 3 rings (SSSR count). The molecule has 0 bridgehead atoms. The fourth-order valence-electron chi connectivity index (χ4n) is 2.70. The van der Waals surface area contributed by atoms with Gasteiger partial charge < -0.3 is 5.32 Å². The third kappa shape index (κ3) is 4.44. The van der Waals surface area contributed by atoms with Crippen LogP contribution in [0.4, 0.5) is 23.2 Å². The van der Waals surface area contributed by atoms with Gasteiger partial charge in [-0.05, 0) is 47.4 Å². The maximum absolute atomic E-state index is 13.6. The second-order valence-electron chi connectivity index (χ2n) is 7.45. The molecule has 0 aliphatic heterocycles. The van der Waals surface area contributed by atoms with Crippen LogP contribution >= 0.6 is 0 Å². The normalized spacial score (nSPS) is 12.1.